The third-order valence-corrected chi connectivity index (χ3v) is 3.96. The molecule has 0 unspecified atom stereocenters. The maximum atomic E-state index is 12.3. The van der Waals surface area contributed by atoms with Gasteiger partial charge in [0, 0.05) is 32.4 Å². The summed E-state index contributed by atoms with van der Waals surface area (Å²) < 4.78 is 10.4. The quantitative estimate of drug-likeness (QED) is 0.795. The average molecular weight is 304 g/mol. The molecule has 0 aliphatic carbocycles. The summed E-state index contributed by atoms with van der Waals surface area (Å²) in [5, 5.41) is 4.79. The van der Waals surface area contributed by atoms with Crippen molar-refractivity contribution in [2.24, 2.45) is 0 Å². The first-order chi connectivity index (χ1) is 10.6. The molecule has 0 spiro atoms. The third kappa shape index (κ3) is 2.52. The van der Waals surface area contributed by atoms with Crippen LogP contribution in [0.2, 0.25) is 0 Å². The Morgan fingerprint density at radius 1 is 1.36 bits per heavy atom. The second kappa shape index (κ2) is 5.92. The molecule has 2 aromatic heterocycles. The van der Waals surface area contributed by atoms with Gasteiger partial charge in [0.2, 0.25) is 0 Å². The van der Waals surface area contributed by atoms with Crippen molar-refractivity contribution in [3.8, 4) is 0 Å². The first-order valence-electron chi connectivity index (χ1n) is 7.47. The van der Waals surface area contributed by atoms with Gasteiger partial charge >= 0.3 is 5.97 Å². The molecule has 7 nitrogen and oxygen atoms in total. The predicted octanol–water partition coefficient (Wildman–Crippen LogP) is 1.46. The number of aromatic nitrogens is 2. The van der Waals surface area contributed by atoms with Gasteiger partial charge < -0.3 is 19.1 Å². The number of piperazine rings is 1. The van der Waals surface area contributed by atoms with E-state index in [4.69, 9.17) is 9.26 Å². The Balaban J connectivity index is 2.12. The smallest absolute Gasteiger partial charge is 0.341 e. The first-order valence-corrected chi connectivity index (χ1v) is 7.47. The zero-order valence-electron chi connectivity index (χ0n) is 13.1. The molecule has 1 fully saturated rings. The molecular formula is C15H20N4O3. The number of nitrogens with zero attached hydrogens (tertiary/aromatic N) is 4. The molecule has 0 N–H and O–H groups in total. The number of likely N-dealkylation sites (N-methyl/N-ethyl adjacent to an activating group) is 1. The molecular weight excluding hydrogens is 284 g/mol. The van der Waals surface area contributed by atoms with Crippen LogP contribution in [0, 0.1) is 6.92 Å². The average Bonchev–Trinajstić information content (AvgIpc) is 2.89. The molecule has 0 aromatic carbocycles. The van der Waals surface area contributed by atoms with Crippen LogP contribution < -0.4 is 4.90 Å². The number of carbonyl (C=O) groups is 1. The first kappa shape index (κ1) is 14.8. The molecule has 0 amide bonds. The van der Waals surface area contributed by atoms with E-state index in [-0.39, 0.29) is 5.97 Å². The Bertz CT molecular complexity index is 689. The van der Waals surface area contributed by atoms with Gasteiger partial charge in [0.05, 0.1) is 23.4 Å². The maximum absolute atomic E-state index is 12.3. The van der Waals surface area contributed by atoms with Crippen LogP contribution in [0.4, 0.5) is 5.69 Å². The van der Waals surface area contributed by atoms with Crippen molar-refractivity contribution in [1.82, 2.24) is 15.0 Å². The molecule has 0 bridgehead atoms. The summed E-state index contributed by atoms with van der Waals surface area (Å²) in [5.74, 6) is -0.355. The highest BCUT2D eigenvalue weighted by atomic mass is 16.5. The molecule has 2 aromatic rings. The van der Waals surface area contributed by atoms with E-state index in [1.807, 2.05) is 6.92 Å². The third-order valence-electron chi connectivity index (χ3n) is 3.96. The number of pyridine rings is 1. The Morgan fingerprint density at radius 2 is 2.09 bits per heavy atom. The predicted molar refractivity (Wildman–Crippen MR) is 82.2 cm³/mol. The number of rotatable bonds is 3. The van der Waals surface area contributed by atoms with E-state index in [1.165, 1.54) is 6.20 Å². The molecule has 3 heterocycles. The number of ether oxygens (including phenoxy) is 1. The van der Waals surface area contributed by atoms with Crippen LogP contribution >= 0.6 is 0 Å². The Morgan fingerprint density at radius 3 is 2.77 bits per heavy atom. The second-order valence-corrected chi connectivity index (χ2v) is 5.48. The minimum absolute atomic E-state index is 0.335. The van der Waals surface area contributed by atoms with E-state index in [9.17, 15) is 4.79 Å². The summed E-state index contributed by atoms with van der Waals surface area (Å²) in [6, 6.07) is 0. The van der Waals surface area contributed by atoms with Crippen molar-refractivity contribution in [2.75, 3.05) is 44.7 Å². The fraction of sp³-hybridized carbons (Fsp3) is 0.533. The summed E-state index contributed by atoms with van der Waals surface area (Å²) in [6.07, 6.45) is 1.53. The maximum Gasteiger partial charge on any atom is 0.341 e. The number of hydrogen-bond donors (Lipinski definition) is 0. The van der Waals surface area contributed by atoms with Gasteiger partial charge in [0.1, 0.15) is 5.56 Å². The van der Waals surface area contributed by atoms with Gasteiger partial charge in [-0.3, -0.25) is 0 Å². The minimum Gasteiger partial charge on any atom is -0.462 e. The minimum atomic E-state index is -0.355. The number of esters is 1. The largest absolute Gasteiger partial charge is 0.462 e. The second-order valence-electron chi connectivity index (χ2n) is 5.48. The molecule has 1 aliphatic rings. The normalized spacial score (nSPS) is 16.2. The molecule has 0 radical (unpaired) electrons. The van der Waals surface area contributed by atoms with Crippen molar-refractivity contribution < 1.29 is 14.1 Å². The van der Waals surface area contributed by atoms with Crippen LogP contribution in [0.1, 0.15) is 23.0 Å². The van der Waals surface area contributed by atoms with Crippen LogP contribution in [0.15, 0.2) is 10.7 Å². The SMILES string of the molecule is CCOC(=O)c1cnc2onc(C)c2c1N1CCN(C)CC1. The van der Waals surface area contributed by atoms with Crippen molar-refractivity contribution in [1.29, 1.82) is 0 Å². The molecule has 1 saturated heterocycles. The van der Waals surface area contributed by atoms with Crippen molar-refractivity contribution in [3.63, 3.8) is 0 Å². The van der Waals surface area contributed by atoms with E-state index in [0.29, 0.717) is 17.9 Å². The summed E-state index contributed by atoms with van der Waals surface area (Å²) in [4.78, 5) is 21.0. The van der Waals surface area contributed by atoms with Gasteiger partial charge in [-0.2, -0.15) is 0 Å². The molecule has 118 valence electrons. The molecule has 0 saturated carbocycles. The highest BCUT2D eigenvalue weighted by molar-refractivity contribution is 6.05. The lowest BCUT2D eigenvalue weighted by atomic mass is 10.1. The van der Waals surface area contributed by atoms with E-state index in [0.717, 1.165) is 42.9 Å². The zero-order chi connectivity index (χ0) is 15.7. The molecule has 3 rings (SSSR count). The standard InChI is InChI=1S/C15H20N4O3/c1-4-21-15(20)11-9-16-14-12(10(2)17-22-14)13(11)19-7-5-18(3)6-8-19/h9H,4-8H2,1-3H3. The summed E-state index contributed by atoms with van der Waals surface area (Å²) in [5.41, 5.74) is 2.50. The Labute approximate surface area is 128 Å². The van der Waals surface area contributed by atoms with E-state index in [1.54, 1.807) is 6.92 Å². The van der Waals surface area contributed by atoms with E-state index >= 15 is 0 Å². The topological polar surface area (TPSA) is 71.7 Å². The lowest BCUT2D eigenvalue weighted by Gasteiger charge is -2.35. The van der Waals surface area contributed by atoms with Gasteiger partial charge in [-0.1, -0.05) is 5.16 Å². The Hall–Kier alpha value is -2.15. The number of hydrogen-bond acceptors (Lipinski definition) is 7. The summed E-state index contributed by atoms with van der Waals surface area (Å²) in [7, 11) is 2.09. The van der Waals surface area contributed by atoms with Gasteiger partial charge in [-0.05, 0) is 20.9 Å². The van der Waals surface area contributed by atoms with Crippen molar-refractivity contribution >= 4 is 22.8 Å². The number of fused-ring (bicyclic) bond motifs is 1. The monoisotopic (exact) mass is 304 g/mol. The van der Waals surface area contributed by atoms with Crippen LogP contribution in [-0.4, -0.2) is 60.8 Å². The Kier molecular flexibility index (Phi) is 3.98. The van der Waals surface area contributed by atoms with Crippen LogP contribution in [0.5, 0.6) is 0 Å². The fourth-order valence-corrected chi connectivity index (χ4v) is 2.75. The molecule has 1 aliphatic heterocycles. The highest BCUT2D eigenvalue weighted by Gasteiger charge is 2.26. The summed E-state index contributed by atoms with van der Waals surface area (Å²) in [6.45, 7) is 7.56. The van der Waals surface area contributed by atoms with E-state index in [2.05, 4.69) is 27.0 Å². The van der Waals surface area contributed by atoms with Crippen molar-refractivity contribution in [3.05, 3.63) is 17.5 Å². The van der Waals surface area contributed by atoms with Gasteiger partial charge in [0.25, 0.3) is 5.71 Å². The highest BCUT2D eigenvalue weighted by Crippen LogP contribution is 2.33. The van der Waals surface area contributed by atoms with Gasteiger partial charge in [-0.25, -0.2) is 9.78 Å². The van der Waals surface area contributed by atoms with Crippen molar-refractivity contribution in [2.45, 2.75) is 13.8 Å². The zero-order valence-corrected chi connectivity index (χ0v) is 13.1. The fourth-order valence-electron chi connectivity index (χ4n) is 2.75. The van der Waals surface area contributed by atoms with Crippen LogP contribution in [0.3, 0.4) is 0 Å². The van der Waals surface area contributed by atoms with Crippen LogP contribution in [0.25, 0.3) is 11.1 Å². The number of aryl methyl sites for hydroxylation is 1. The summed E-state index contributed by atoms with van der Waals surface area (Å²) >= 11 is 0. The lowest BCUT2D eigenvalue weighted by molar-refractivity contribution is 0.0526. The number of anilines is 1. The molecule has 22 heavy (non-hydrogen) atoms. The molecule has 0 atom stereocenters. The van der Waals surface area contributed by atoms with Gasteiger partial charge in [-0.15, -0.1) is 0 Å². The molecule has 7 heteroatoms. The van der Waals surface area contributed by atoms with Crippen LogP contribution in [-0.2, 0) is 4.74 Å². The number of carbonyl (C=O) groups excluding carboxylic acids is 1. The lowest BCUT2D eigenvalue weighted by Crippen LogP contribution is -2.45. The van der Waals surface area contributed by atoms with E-state index < -0.39 is 0 Å². The van der Waals surface area contributed by atoms with Gasteiger partial charge in [0.15, 0.2) is 0 Å².